The average Bonchev–Trinajstić information content (AvgIpc) is 2.63. The second-order valence-electron chi connectivity index (χ2n) is 4.48. The SMILES string of the molecule is CCC1COCCN1c1c(CCl)c(C)nn1C. The lowest BCUT2D eigenvalue weighted by atomic mass is 10.1. The first kappa shape index (κ1) is 12.7. The molecular weight excluding hydrogens is 238 g/mol. The number of ether oxygens (including phenoxy) is 1. The molecule has 0 aromatic carbocycles. The van der Waals surface area contributed by atoms with Crippen molar-refractivity contribution < 1.29 is 4.74 Å². The Bertz CT molecular complexity index is 391. The van der Waals surface area contributed by atoms with Crippen molar-refractivity contribution in [3.8, 4) is 0 Å². The van der Waals surface area contributed by atoms with Gasteiger partial charge in [-0.15, -0.1) is 11.6 Å². The molecule has 2 heterocycles. The van der Waals surface area contributed by atoms with Crippen LogP contribution in [0, 0.1) is 6.92 Å². The van der Waals surface area contributed by atoms with Crippen LogP contribution in [-0.4, -0.2) is 35.6 Å². The van der Waals surface area contributed by atoms with Gasteiger partial charge in [0.2, 0.25) is 0 Å². The highest BCUT2D eigenvalue weighted by Gasteiger charge is 2.27. The van der Waals surface area contributed by atoms with Gasteiger partial charge in [-0.25, -0.2) is 0 Å². The Morgan fingerprint density at radius 1 is 1.53 bits per heavy atom. The molecule has 1 fully saturated rings. The molecule has 5 heteroatoms. The van der Waals surface area contributed by atoms with Crippen LogP contribution in [0.15, 0.2) is 0 Å². The molecule has 4 nitrogen and oxygen atoms in total. The zero-order chi connectivity index (χ0) is 12.4. The lowest BCUT2D eigenvalue weighted by molar-refractivity contribution is 0.0921. The molecule has 0 spiro atoms. The van der Waals surface area contributed by atoms with Crippen molar-refractivity contribution in [2.45, 2.75) is 32.2 Å². The summed E-state index contributed by atoms with van der Waals surface area (Å²) in [6, 6.07) is 0.431. The average molecular weight is 258 g/mol. The third-order valence-corrected chi connectivity index (χ3v) is 3.68. The van der Waals surface area contributed by atoms with E-state index in [2.05, 4.69) is 16.9 Å². The summed E-state index contributed by atoms with van der Waals surface area (Å²) in [5, 5.41) is 4.48. The molecule has 1 aliphatic rings. The van der Waals surface area contributed by atoms with Crippen molar-refractivity contribution in [1.82, 2.24) is 9.78 Å². The Kier molecular flexibility index (Phi) is 3.94. The molecule has 1 aliphatic heterocycles. The monoisotopic (exact) mass is 257 g/mol. The predicted octanol–water partition coefficient (Wildman–Crippen LogP) is 2.08. The highest BCUT2D eigenvalue weighted by Crippen LogP contribution is 2.28. The predicted molar refractivity (Wildman–Crippen MR) is 69.7 cm³/mol. The molecule has 1 aromatic rings. The maximum absolute atomic E-state index is 6.05. The second kappa shape index (κ2) is 5.27. The van der Waals surface area contributed by atoms with E-state index in [4.69, 9.17) is 16.3 Å². The highest BCUT2D eigenvalue weighted by molar-refractivity contribution is 6.17. The minimum Gasteiger partial charge on any atom is -0.377 e. The zero-order valence-corrected chi connectivity index (χ0v) is 11.5. The van der Waals surface area contributed by atoms with Crippen LogP contribution in [0.4, 0.5) is 5.82 Å². The summed E-state index contributed by atoms with van der Waals surface area (Å²) in [4.78, 5) is 2.39. The van der Waals surface area contributed by atoms with E-state index in [1.54, 1.807) is 0 Å². The van der Waals surface area contributed by atoms with Crippen molar-refractivity contribution >= 4 is 17.4 Å². The summed E-state index contributed by atoms with van der Waals surface area (Å²) in [5.74, 6) is 1.68. The topological polar surface area (TPSA) is 30.3 Å². The van der Waals surface area contributed by atoms with Crippen molar-refractivity contribution in [2.24, 2.45) is 7.05 Å². The van der Waals surface area contributed by atoms with E-state index in [1.807, 2.05) is 18.7 Å². The number of aryl methyl sites for hydroxylation is 2. The van der Waals surface area contributed by atoms with E-state index in [9.17, 15) is 0 Å². The van der Waals surface area contributed by atoms with Crippen molar-refractivity contribution in [3.05, 3.63) is 11.3 Å². The first-order valence-corrected chi connectivity index (χ1v) is 6.65. The lowest BCUT2D eigenvalue weighted by Gasteiger charge is -2.37. The van der Waals surface area contributed by atoms with Crippen LogP contribution in [0.25, 0.3) is 0 Å². The zero-order valence-electron chi connectivity index (χ0n) is 10.7. The van der Waals surface area contributed by atoms with Crippen molar-refractivity contribution in [3.63, 3.8) is 0 Å². The third-order valence-electron chi connectivity index (χ3n) is 3.42. The first-order valence-electron chi connectivity index (χ1n) is 6.11. The number of rotatable bonds is 3. The molecule has 17 heavy (non-hydrogen) atoms. The fourth-order valence-electron chi connectivity index (χ4n) is 2.48. The Morgan fingerprint density at radius 3 is 2.94 bits per heavy atom. The van der Waals surface area contributed by atoms with E-state index < -0.39 is 0 Å². The molecule has 0 saturated carbocycles. The molecule has 96 valence electrons. The van der Waals surface area contributed by atoms with Gasteiger partial charge in [0.15, 0.2) is 0 Å². The van der Waals surface area contributed by atoms with Gasteiger partial charge >= 0.3 is 0 Å². The summed E-state index contributed by atoms with van der Waals surface area (Å²) < 4.78 is 7.49. The summed E-state index contributed by atoms with van der Waals surface area (Å²) in [6.45, 7) is 6.70. The molecule has 0 amide bonds. The molecule has 1 saturated heterocycles. The van der Waals surface area contributed by atoms with Crippen LogP contribution in [0.5, 0.6) is 0 Å². The van der Waals surface area contributed by atoms with Gasteiger partial charge in [0, 0.05) is 19.2 Å². The smallest absolute Gasteiger partial charge is 0.131 e. The molecule has 1 unspecified atom stereocenters. The summed E-state index contributed by atoms with van der Waals surface area (Å²) >= 11 is 6.05. The number of nitrogens with zero attached hydrogens (tertiary/aromatic N) is 3. The fraction of sp³-hybridized carbons (Fsp3) is 0.750. The molecule has 2 rings (SSSR count). The van der Waals surface area contributed by atoms with Crippen LogP contribution >= 0.6 is 11.6 Å². The number of halogens is 1. The first-order chi connectivity index (χ1) is 8.19. The van der Waals surface area contributed by atoms with Gasteiger partial charge in [0.05, 0.1) is 30.8 Å². The van der Waals surface area contributed by atoms with E-state index in [0.717, 1.165) is 43.3 Å². The maximum Gasteiger partial charge on any atom is 0.131 e. The Morgan fingerprint density at radius 2 is 2.29 bits per heavy atom. The van der Waals surface area contributed by atoms with E-state index in [0.29, 0.717) is 11.9 Å². The van der Waals surface area contributed by atoms with Crippen LogP contribution in [0.1, 0.15) is 24.6 Å². The number of anilines is 1. The maximum atomic E-state index is 6.05. The van der Waals surface area contributed by atoms with Gasteiger partial charge in [-0.05, 0) is 13.3 Å². The molecule has 0 aliphatic carbocycles. The normalized spacial score (nSPS) is 20.9. The molecule has 0 radical (unpaired) electrons. The van der Waals surface area contributed by atoms with Gasteiger partial charge in [0.25, 0.3) is 0 Å². The van der Waals surface area contributed by atoms with Gasteiger partial charge in [-0.1, -0.05) is 6.92 Å². The minimum absolute atomic E-state index is 0.431. The van der Waals surface area contributed by atoms with Gasteiger partial charge in [0.1, 0.15) is 5.82 Å². The van der Waals surface area contributed by atoms with Crippen molar-refractivity contribution in [2.75, 3.05) is 24.7 Å². The Hall–Kier alpha value is -0.740. The highest BCUT2D eigenvalue weighted by atomic mass is 35.5. The number of hydrogen-bond acceptors (Lipinski definition) is 3. The van der Waals surface area contributed by atoms with E-state index in [-0.39, 0.29) is 0 Å². The van der Waals surface area contributed by atoms with Crippen LogP contribution in [0.2, 0.25) is 0 Å². The number of morpholine rings is 1. The van der Waals surface area contributed by atoms with Gasteiger partial charge in [-0.3, -0.25) is 4.68 Å². The second-order valence-corrected chi connectivity index (χ2v) is 4.74. The Labute approximate surface area is 107 Å². The third kappa shape index (κ3) is 2.29. The number of alkyl halides is 1. The summed E-state index contributed by atoms with van der Waals surface area (Å²) in [6.07, 6.45) is 1.08. The van der Waals surface area contributed by atoms with E-state index in [1.165, 1.54) is 0 Å². The molecule has 1 atom stereocenters. The summed E-state index contributed by atoms with van der Waals surface area (Å²) in [5.41, 5.74) is 2.17. The van der Waals surface area contributed by atoms with Crippen LogP contribution in [-0.2, 0) is 17.7 Å². The molecular formula is C12H20ClN3O. The number of aromatic nitrogens is 2. The molecule has 0 N–H and O–H groups in total. The lowest BCUT2D eigenvalue weighted by Crippen LogP contribution is -2.46. The summed E-state index contributed by atoms with van der Waals surface area (Å²) in [7, 11) is 1.99. The van der Waals surface area contributed by atoms with Crippen LogP contribution in [0.3, 0.4) is 0 Å². The van der Waals surface area contributed by atoms with Crippen molar-refractivity contribution in [1.29, 1.82) is 0 Å². The largest absolute Gasteiger partial charge is 0.377 e. The number of hydrogen-bond donors (Lipinski definition) is 0. The van der Waals surface area contributed by atoms with Gasteiger partial charge < -0.3 is 9.64 Å². The van der Waals surface area contributed by atoms with Crippen LogP contribution < -0.4 is 4.90 Å². The standard InChI is InChI=1S/C12H20ClN3O/c1-4-10-8-17-6-5-16(10)12-11(7-13)9(2)14-15(12)3/h10H,4-8H2,1-3H3. The molecule has 0 bridgehead atoms. The minimum atomic E-state index is 0.431. The van der Waals surface area contributed by atoms with Gasteiger partial charge in [-0.2, -0.15) is 5.10 Å². The fourth-order valence-corrected chi connectivity index (χ4v) is 2.79. The Balaban J connectivity index is 2.37. The van der Waals surface area contributed by atoms with E-state index >= 15 is 0 Å². The molecule has 1 aromatic heterocycles. The quantitative estimate of drug-likeness (QED) is 0.777.